The molecular weight excluding hydrogens is 242 g/mol. The summed E-state index contributed by atoms with van der Waals surface area (Å²) in [6, 6.07) is 6.59. The van der Waals surface area contributed by atoms with Crippen molar-refractivity contribution in [2.45, 2.75) is 38.6 Å². The smallest absolute Gasteiger partial charge is 0.335 e. The van der Waals surface area contributed by atoms with Gasteiger partial charge in [-0.3, -0.25) is 4.79 Å². The maximum atomic E-state index is 12.5. The molecule has 1 fully saturated rings. The Morgan fingerprint density at radius 3 is 2.47 bits per heavy atom. The van der Waals surface area contributed by atoms with Gasteiger partial charge in [0.05, 0.1) is 5.56 Å². The fraction of sp³-hybridized carbons (Fsp3) is 0.467. The SMILES string of the molecule is CCN(C(=O)c1cccc(C(=O)O)c1)C1CCCC1. The highest BCUT2D eigenvalue weighted by molar-refractivity contribution is 5.97. The number of aromatic carboxylic acids is 1. The van der Waals surface area contributed by atoms with Crippen LogP contribution in [0.2, 0.25) is 0 Å². The second-order valence-corrected chi connectivity index (χ2v) is 4.92. The number of carbonyl (C=O) groups excluding carboxylic acids is 1. The molecule has 4 nitrogen and oxygen atoms in total. The van der Waals surface area contributed by atoms with Crippen LogP contribution in [0.3, 0.4) is 0 Å². The lowest BCUT2D eigenvalue weighted by Gasteiger charge is -2.27. The van der Waals surface area contributed by atoms with Crippen molar-refractivity contribution in [2.24, 2.45) is 0 Å². The van der Waals surface area contributed by atoms with E-state index >= 15 is 0 Å². The van der Waals surface area contributed by atoms with Crippen molar-refractivity contribution in [3.63, 3.8) is 0 Å². The van der Waals surface area contributed by atoms with Crippen LogP contribution in [0.15, 0.2) is 24.3 Å². The lowest BCUT2D eigenvalue weighted by atomic mass is 10.1. The number of rotatable bonds is 4. The minimum Gasteiger partial charge on any atom is -0.478 e. The minimum atomic E-state index is -1.00. The second-order valence-electron chi connectivity index (χ2n) is 4.92. The Balaban J connectivity index is 2.21. The van der Waals surface area contributed by atoms with E-state index in [2.05, 4.69) is 0 Å². The van der Waals surface area contributed by atoms with E-state index in [9.17, 15) is 9.59 Å². The van der Waals surface area contributed by atoms with Gasteiger partial charge in [0.15, 0.2) is 0 Å². The van der Waals surface area contributed by atoms with Gasteiger partial charge in [0.2, 0.25) is 0 Å². The number of carboxylic acids is 1. The number of hydrogen-bond donors (Lipinski definition) is 1. The van der Waals surface area contributed by atoms with Crippen LogP contribution >= 0.6 is 0 Å². The molecule has 2 rings (SSSR count). The summed E-state index contributed by atoms with van der Waals surface area (Å²) in [5, 5.41) is 8.97. The molecule has 4 heteroatoms. The molecule has 1 aromatic rings. The van der Waals surface area contributed by atoms with Gasteiger partial charge in [-0.15, -0.1) is 0 Å². The number of carboxylic acid groups (broad SMARTS) is 1. The summed E-state index contributed by atoms with van der Waals surface area (Å²) in [5.74, 6) is -1.06. The Labute approximate surface area is 113 Å². The maximum absolute atomic E-state index is 12.5. The summed E-state index contributed by atoms with van der Waals surface area (Å²) in [5.41, 5.74) is 0.627. The number of carbonyl (C=O) groups is 2. The molecule has 1 saturated carbocycles. The predicted octanol–water partition coefficient (Wildman–Crippen LogP) is 2.79. The van der Waals surface area contributed by atoms with Crippen LogP contribution < -0.4 is 0 Å². The molecule has 0 saturated heterocycles. The Bertz CT molecular complexity index is 478. The van der Waals surface area contributed by atoms with Crippen molar-refractivity contribution in [3.05, 3.63) is 35.4 Å². The molecule has 102 valence electrons. The molecule has 0 heterocycles. The van der Waals surface area contributed by atoms with E-state index in [0.717, 1.165) is 12.8 Å². The van der Waals surface area contributed by atoms with E-state index in [1.54, 1.807) is 12.1 Å². The highest BCUT2D eigenvalue weighted by Gasteiger charge is 2.26. The molecule has 0 unspecified atom stereocenters. The van der Waals surface area contributed by atoms with Gasteiger partial charge >= 0.3 is 5.97 Å². The zero-order chi connectivity index (χ0) is 13.8. The van der Waals surface area contributed by atoms with E-state index < -0.39 is 5.97 Å². The highest BCUT2D eigenvalue weighted by Crippen LogP contribution is 2.24. The van der Waals surface area contributed by atoms with Gasteiger partial charge in [-0.25, -0.2) is 4.79 Å². The first-order valence-corrected chi connectivity index (χ1v) is 6.77. The van der Waals surface area contributed by atoms with Crippen molar-refractivity contribution >= 4 is 11.9 Å². The molecule has 0 aliphatic heterocycles. The summed E-state index contributed by atoms with van der Waals surface area (Å²) >= 11 is 0. The quantitative estimate of drug-likeness (QED) is 0.906. The molecule has 1 aromatic carbocycles. The van der Waals surface area contributed by atoms with E-state index in [-0.39, 0.29) is 11.5 Å². The van der Waals surface area contributed by atoms with Gasteiger partial charge in [-0.1, -0.05) is 18.9 Å². The number of benzene rings is 1. The van der Waals surface area contributed by atoms with E-state index in [0.29, 0.717) is 18.2 Å². The first-order chi connectivity index (χ1) is 9.13. The standard InChI is InChI=1S/C15H19NO3/c1-2-16(13-8-3-4-9-13)14(17)11-6-5-7-12(10-11)15(18)19/h5-7,10,13H,2-4,8-9H2,1H3,(H,18,19). The Kier molecular flexibility index (Phi) is 4.20. The summed E-state index contributed by atoms with van der Waals surface area (Å²) in [7, 11) is 0. The van der Waals surface area contributed by atoms with Gasteiger partial charge in [0.25, 0.3) is 5.91 Å². The largest absolute Gasteiger partial charge is 0.478 e. The van der Waals surface area contributed by atoms with E-state index in [4.69, 9.17) is 5.11 Å². The monoisotopic (exact) mass is 261 g/mol. The van der Waals surface area contributed by atoms with Gasteiger partial charge in [-0.2, -0.15) is 0 Å². The zero-order valence-electron chi connectivity index (χ0n) is 11.1. The van der Waals surface area contributed by atoms with Crippen LogP contribution in [0.25, 0.3) is 0 Å². The molecule has 19 heavy (non-hydrogen) atoms. The fourth-order valence-electron chi connectivity index (χ4n) is 2.73. The molecular formula is C15H19NO3. The van der Waals surface area contributed by atoms with Crippen molar-refractivity contribution in [2.75, 3.05) is 6.54 Å². The summed E-state index contributed by atoms with van der Waals surface area (Å²) in [6.07, 6.45) is 4.45. The third-order valence-electron chi connectivity index (χ3n) is 3.72. The van der Waals surface area contributed by atoms with Gasteiger partial charge < -0.3 is 10.0 Å². The summed E-state index contributed by atoms with van der Waals surface area (Å²) in [4.78, 5) is 25.3. The average Bonchev–Trinajstić information content (AvgIpc) is 2.93. The highest BCUT2D eigenvalue weighted by atomic mass is 16.4. The van der Waals surface area contributed by atoms with Gasteiger partial charge in [0.1, 0.15) is 0 Å². The first kappa shape index (κ1) is 13.6. The molecule has 0 atom stereocenters. The van der Waals surface area contributed by atoms with Crippen molar-refractivity contribution in [3.8, 4) is 0 Å². The Hall–Kier alpha value is -1.84. The molecule has 0 aromatic heterocycles. The third kappa shape index (κ3) is 2.95. The van der Waals surface area contributed by atoms with Crippen LogP contribution in [0, 0.1) is 0 Å². The van der Waals surface area contributed by atoms with Gasteiger partial charge in [-0.05, 0) is 38.0 Å². The number of nitrogens with zero attached hydrogens (tertiary/aromatic N) is 1. The molecule has 1 amide bonds. The van der Waals surface area contributed by atoms with Crippen LogP contribution in [-0.4, -0.2) is 34.5 Å². The summed E-state index contributed by atoms with van der Waals surface area (Å²) in [6.45, 7) is 2.64. The lowest BCUT2D eigenvalue weighted by molar-refractivity contribution is 0.0693. The van der Waals surface area contributed by atoms with Crippen LogP contribution in [0.1, 0.15) is 53.3 Å². The average molecular weight is 261 g/mol. The van der Waals surface area contributed by atoms with Gasteiger partial charge in [0, 0.05) is 18.2 Å². The lowest BCUT2D eigenvalue weighted by Crippen LogP contribution is -2.38. The Morgan fingerprint density at radius 1 is 1.26 bits per heavy atom. The maximum Gasteiger partial charge on any atom is 0.335 e. The molecule has 0 bridgehead atoms. The third-order valence-corrected chi connectivity index (χ3v) is 3.72. The summed E-state index contributed by atoms with van der Waals surface area (Å²) < 4.78 is 0. The van der Waals surface area contributed by atoms with Crippen molar-refractivity contribution < 1.29 is 14.7 Å². The normalized spacial score (nSPS) is 15.4. The molecule has 1 aliphatic rings. The number of hydrogen-bond acceptors (Lipinski definition) is 2. The minimum absolute atomic E-state index is 0.0579. The van der Waals surface area contributed by atoms with Crippen LogP contribution in [-0.2, 0) is 0 Å². The van der Waals surface area contributed by atoms with E-state index in [1.165, 1.54) is 25.0 Å². The van der Waals surface area contributed by atoms with Crippen molar-refractivity contribution in [1.82, 2.24) is 4.90 Å². The van der Waals surface area contributed by atoms with Crippen LogP contribution in [0.5, 0.6) is 0 Å². The molecule has 0 spiro atoms. The van der Waals surface area contributed by atoms with E-state index in [1.807, 2.05) is 11.8 Å². The zero-order valence-corrected chi connectivity index (χ0v) is 11.1. The van der Waals surface area contributed by atoms with Crippen LogP contribution in [0.4, 0.5) is 0 Å². The first-order valence-electron chi connectivity index (χ1n) is 6.77. The molecule has 1 N–H and O–H groups in total. The second kappa shape index (κ2) is 5.87. The molecule has 0 radical (unpaired) electrons. The Morgan fingerprint density at radius 2 is 1.89 bits per heavy atom. The predicted molar refractivity (Wildman–Crippen MR) is 72.4 cm³/mol. The molecule has 1 aliphatic carbocycles. The van der Waals surface area contributed by atoms with Crippen molar-refractivity contribution in [1.29, 1.82) is 0 Å². The fourth-order valence-corrected chi connectivity index (χ4v) is 2.73. The number of amides is 1. The topological polar surface area (TPSA) is 57.6 Å².